The van der Waals surface area contributed by atoms with Crippen molar-refractivity contribution in [3.05, 3.63) is 33.8 Å². The van der Waals surface area contributed by atoms with Crippen molar-refractivity contribution in [2.45, 2.75) is 37.8 Å². The van der Waals surface area contributed by atoms with Crippen molar-refractivity contribution in [1.82, 2.24) is 10.2 Å². The van der Waals surface area contributed by atoms with Crippen molar-refractivity contribution in [2.75, 3.05) is 20.6 Å². The first-order chi connectivity index (χ1) is 9.03. The van der Waals surface area contributed by atoms with Gasteiger partial charge in [-0.05, 0) is 50.7 Å². The molecular formula is C15H22Cl2N2. The molecule has 1 aliphatic carbocycles. The molecule has 2 nitrogen and oxygen atoms in total. The van der Waals surface area contributed by atoms with Gasteiger partial charge in [0, 0.05) is 28.7 Å². The van der Waals surface area contributed by atoms with E-state index in [4.69, 9.17) is 23.2 Å². The fraction of sp³-hybridized carbons (Fsp3) is 0.600. The predicted octanol–water partition coefficient (Wildman–Crippen LogP) is 3.96. The molecule has 1 aromatic carbocycles. The molecule has 0 spiro atoms. The van der Waals surface area contributed by atoms with Crippen molar-refractivity contribution in [2.24, 2.45) is 0 Å². The third-order valence-corrected chi connectivity index (χ3v) is 4.86. The Morgan fingerprint density at radius 3 is 2.53 bits per heavy atom. The van der Waals surface area contributed by atoms with E-state index < -0.39 is 0 Å². The highest BCUT2D eigenvalue weighted by molar-refractivity contribution is 6.33. The summed E-state index contributed by atoms with van der Waals surface area (Å²) in [5.41, 5.74) is 1.38. The van der Waals surface area contributed by atoms with Crippen LogP contribution in [0.2, 0.25) is 10.0 Å². The van der Waals surface area contributed by atoms with E-state index in [-0.39, 0.29) is 0 Å². The molecule has 1 aliphatic rings. The summed E-state index contributed by atoms with van der Waals surface area (Å²) in [6, 6.07) is 5.62. The molecule has 2 rings (SSSR count). The number of rotatable bonds is 5. The lowest BCUT2D eigenvalue weighted by Gasteiger charge is -2.36. The second kappa shape index (κ2) is 6.45. The first-order valence-electron chi connectivity index (χ1n) is 6.86. The van der Waals surface area contributed by atoms with E-state index in [1.165, 1.54) is 25.7 Å². The van der Waals surface area contributed by atoms with Crippen LogP contribution in [0.3, 0.4) is 0 Å². The first kappa shape index (κ1) is 15.1. The van der Waals surface area contributed by atoms with E-state index in [2.05, 4.69) is 24.3 Å². The minimum Gasteiger partial charge on any atom is -0.311 e. The number of hydrogen-bond donors (Lipinski definition) is 1. The van der Waals surface area contributed by atoms with Gasteiger partial charge in [0.2, 0.25) is 0 Å². The standard InChI is InChI=1S/C15H22Cl2N2/c1-19(2)15(7-3-4-8-15)11-18-10-12-9-13(16)5-6-14(12)17/h5-6,9,18H,3-4,7-8,10-11H2,1-2H3. The van der Waals surface area contributed by atoms with Crippen molar-refractivity contribution in [1.29, 1.82) is 0 Å². The normalized spacial score (nSPS) is 18.2. The van der Waals surface area contributed by atoms with Crippen molar-refractivity contribution in [3.63, 3.8) is 0 Å². The molecule has 106 valence electrons. The average molecular weight is 301 g/mol. The molecule has 1 saturated carbocycles. The third kappa shape index (κ3) is 3.63. The molecule has 0 heterocycles. The van der Waals surface area contributed by atoms with Gasteiger partial charge < -0.3 is 10.2 Å². The van der Waals surface area contributed by atoms with Crippen LogP contribution in [0.5, 0.6) is 0 Å². The molecule has 0 aromatic heterocycles. The maximum Gasteiger partial charge on any atom is 0.0451 e. The van der Waals surface area contributed by atoms with Gasteiger partial charge in [0.15, 0.2) is 0 Å². The van der Waals surface area contributed by atoms with E-state index in [1.54, 1.807) is 0 Å². The lowest BCUT2D eigenvalue weighted by molar-refractivity contribution is 0.153. The SMILES string of the molecule is CN(C)C1(CNCc2cc(Cl)ccc2Cl)CCCC1. The van der Waals surface area contributed by atoms with Gasteiger partial charge in [-0.25, -0.2) is 0 Å². The average Bonchev–Trinajstić information content (AvgIpc) is 2.84. The summed E-state index contributed by atoms with van der Waals surface area (Å²) < 4.78 is 0. The van der Waals surface area contributed by atoms with Crippen LogP contribution in [0, 0.1) is 0 Å². The van der Waals surface area contributed by atoms with Crippen LogP contribution in [0.1, 0.15) is 31.2 Å². The Morgan fingerprint density at radius 2 is 1.89 bits per heavy atom. The number of hydrogen-bond acceptors (Lipinski definition) is 2. The van der Waals surface area contributed by atoms with Gasteiger partial charge in [0.1, 0.15) is 0 Å². The highest BCUT2D eigenvalue weighted by Gasteiger charge is 2.35. The lowest BCUT2D eigenvalue weighted by atomic mass is 9.96. The van der Waals surface area contributed by atoms with Crippen LogP contribution in [-0.4, -0.2) is 31.1 Å². The molecule has 4 heteroatoms. The summed E-state index contributed by atoms with van der Waals surface area (Å²) in [6.07, 6.45) is 5.21. The quantitative estimate of drug-likeness (QED) is 0.885. The maximum atomic E-state index is 6.18. The number of halogens is 2. The summed E-state index contributed by atoms with van der Waals surface area (Å²) in [7, 11) is 4.36. The topological polar surface area (TPSA) is 15.3 Å². The number of benzene rings is 1. The summed E-state index contributed by atoms with van der Waals surface area (Å²) in [5, 5.41) is 5.07. The van der Waals surface area contributed by atoms with Crippen LogP contribution in [-0.2, 0) is 6.54 Å². The highest BCUT2D eigenvalue weighted by atomic mass is 35.5. The first-order valence-corrected chi connectivity index (χ1v) is 7.61. The van der Waals surface area contributed by atoms with Gasteiger partial charge >= 0.3 is 0 Å². The molecule has 1 fully saturated rings. The number of nitrogens with one attached hydrogen (secondary N) is 1. The van der Waals surface area contributed by atoms with E-state index >= 15 is 0 Å². The van der Waals surface area contributed by atoms with Crippen LogP contribution >= 0.6 is 23.2 Å². The van der Waals surface area contributed by atoms with Gasteiger partial charge in [-0.3, -0.25) is 0 Å². The van der Waals surface area contributed by atoms with Gasteiger partial charge in [-0.1, -0.05) is 36.0 Å². The third-order valence-electron chi connectivity index (χ3n) is 4.26. The van der Waals surface area contributed by atoms with Crippen LogP contribution < -0.4 is 5.32 Å². The molecule has 0 unspecified atom stereocenters. The second-order valence-electron chi connectivity index (χ2n) is 5.67. The van der Waals surface area contributed by atoms with E-state index in [1.807, 2.05) is 18.2 Å². The molecule has 0 radical (unpaired) electrons. The number of nitrogens with zero attached hydrogens (tertiary/aromatic N) is 1. The van der Waals surface area contributed by atoms with E-state index in [0.717, 1.165) is 28.7 Å². The molecule has 0 bridgehead atoms. The molecule has 1 N–H and O–H groups in total. The van der Waals surface area contributed by atoms with Crippen molar-refractivity contribution >= 4 is 23.2 Å². The fourth-order valence-corrected chi connectivity index (χ4v) is 3.30. The molecule has 0 saturated heterocycles. The second-order valence-corrected chi connectivity index (χ2v) is 6.51. The smallest absolute Gasteiger partial charge is 0.0451 e. The summed E-state index contributed by atoms with van der Waals surface area (Å²) in [5.74, 6) is 0. The van der Waals surface area contributed by atoms with Gasteiger partial charge in [0.05, 0.1) is 0 Å². The highest BCUT2D eigenvalue weighted by Crippen LogP contribution is 2.33. The minimum atomic E-state index is 0.311. The van der Waals surface area contributed by atoms with Gasteiger partial charge in [-0.2, -0.15) is 0 Å². The Morgan fingerprint density at radius 1 is 1.21 bits per heavy atom. The Bertz CT molecular complexity index is 426. The van der Waals surface area contributed by atoms with E-state index in [0.29, 0.717) is 5.54 Å². The monoisotopic (exact) mass is 300 g/mol. The van der Waals surface area contributed by atoms with Crippen LogP contribution in [0.4, 0.5) is 0 Å². The van der Waals surface area contributed by atoms with Gasteiger partial charge in [0.25, 0.3) is 0 Å². The number of likely N-dealkylation sites (N-methyl/N-ethyl adjacent to an activating group) is 1. The Hall–Kier alpha value is -0.280. The van der Waals surface area contributed by atoms with Gasteiger partial charge in [-0.15, -0.1) is 0 Å². The molecule has 19 heavy (non-hydrogen) atoms. The fourth-order valence-electron chi connectivity index (χ4n) is 2.92. The maximum absolute atomic E-state index is 6.18. The predicted molar refractivity (Wildman–Crippen MR) is 83.1 cm³/mol. The largest absolute Gasteiger partial charge is 0.311 e. The molecule has 0 atom stereocenters. The Balaban J connectivity index is 1.94. The van der Waals surface area contributed by atoms with Crippen LogP contribution in [0.25, 0.3) is 0 Å². The van der Waals surface area contributed by atoms with Crippen molar-refractivity contribution < 1.29 is 0 Å². The zero-order valence-electron chi connectivity index (χ0n) is 11.7. The molecule has 0 aliphatic heterocycles. The summed E-state index contributed by atoms with van der Waals surface area (Å²) in [6.45, 7) is 1.78. The zero-order valence-corrected chi connectivity index (χ0v) is 13.2. The lowest BCUT2D eigenvalue weighted by Crippen LogP contribution is -2.49. The molecule has 1 aromatic rings. The zero-order chi connectivity index (χ0) is 13.9. The minimum absolute atomic E-state index is 0.311. The van der Waals surface area contributed by atoms with E-state index in [9.17, 15) is 0 Å². The van der Waals surface area contributed by atoms with Crippen LogP contribution in [0.15, 0.2) is 18.2 Å². The van der Waals surface area contributed by atoms with Crippen molar-refractivity contribution in [3.8, 4) is 0 Å². The molecular weight excluding hydrogens is 279 g/mol. The summed E-state index contributed by atoms with van der Waals surface area (Å²) in [4.78, 5) is 2.37. The summed E-state index contributed by atoms with van der Waals surface area (Å²) >= 11 is 12.2. The molecule has 0 amide bonds. The Kier molecular flexibility index (Phi) is 5.13. The Labute approximate surface area is 126 Å².